The van der Waals surface area contributed by atoms with Gasteiger partial charge in [0.15, 0.2) is 0 Å². The number of carbonyl (C=O) groups excluding carboxylic acids is 1. The van der Waals surface area contributed by atoms with Crippen molar-refractivity contribution < 1.29 is 31.1 Å². The average molecular weight is 256 g/mol. The Kier molecular flexibility index (Phi) is 3.22. The first-order valence-corrected chi connectivity index (χ1v) is 4.32. The molecule has 0 aliphatic heterocycles. The molecule has 0 aromatic heterocycles. The molecular weight excluding hydrogens is 250 g/mol. The van der Waals surface area contributed by atoms with Gasteiger partial charge in [-0.15, -0.1) is 0 Å². The molecule has 0 unspecified atom stereocenters. The van der Waals surface area contributed by atoms with E-state index in [1.165, 1.54) is 6.92 Å². The zero-order valence-electron chi connectivity index (χ0n) is 8.41. The van der Waals surface area contributed by atoms with E-state index < -0.39 is 29.3 Å². The molecule has 0 spiro atoms. The molecule has 0 radical (unpaired) electrons. The zero-order chi connectivity index (χ0) is 13.4. The van der Waals surface area contributed by atoms with E-state index in [2.05, 4.69) is 0 Å². The summed E-state index contributed by atoms with van der Waals surface area (Å²) >= 11 is 0. The van der Waals surface area contributed by atoms with Crippen LogP contribution in [-0.2, 0) is 0 Å². The predicted molar refractivity (Wildman–Crippen MR) is 46.5 cm³/mol. The molecule has 17 heavy (non-hydrogen) atoms. The van der Waals surface area contributed by atoms with E-state index in [1.54, 1.807) is 0 Å². The molecule has 0 saturated heterocycles. The van der Waals surface area contributed by atoms with Crippen LogP contribution in [0.25, 0.3) is 0 Å². The Bertz CT molecular complexity index is 428. The highest BCUT2D eigenvalue weighted by atomic mass is 19.4. The topological polar surface area (TPSA) is 17.1 Å². The minimum atomic E-state index is -6.00. The molecule has 0 saturated carbocycles. The normalized spacial score (nSPS) is 12.6. The van der Waals surface area contributed by atoms with Gasteiger partial charge in [-0.3, -0.25) is 4.79 Å². The summed E-state index contributed by atoms with van der Waals surface area (Å²) in [5.74, 6) is -9.04. The van der Waals surface area contributed by atoms with E-state index >= 15 is 0 Å². The van der Waals surface area contributed by atoms with Gasteiger partial charge in [0, 0.05) is 5.56 Å². The summed E-state index contributed by atoms with van der Waals surface area (Å²) < 4.78 is 73.9. The second kappa shape index (κ2) is 4.05. The smallest absolute Gasteiger partial charge is 0.287 e. The summed E-state index contributed by atoms with van der Waals surface area (Å²) in [7, 11) is 0. The monoisotopic (exact) mass is 256 g/mol. The highest BCUT2D eigenvalue weighted by Gasteiger charge is 2.63. The van der Waals surface area contributed by atoms with Crippen LogP contribution in [0.5, 0.6) is 0 Å². The van der Waals surface area contributed by atoms with Crippen molar-refractivity contribution in [3.8, 4) is 0 Å². The lowest BCUT2D eigenvalue weighted by atomic mass is 10.0. The average Bonchev–Trinajstić information content (AvgIpc) is 2.13. The number of halogens is 6. The summed E-state index contributed by atoms with van der Waals surface area (Å²) in [5.41, 5.74) is -0.934. The number of hydrogen-bond donors (Lipinski definition) is 0. The van der Waals surface area contributed by atoms with E-state index in [0.29, 0.717) is 6.07 Å². The lowest BCUT2D eigenvalue weighted by molar-refractivity contribution is -0.255. The first-order valence-electron chi connectivity index (χ1n) is 4.32. The minimum absolute atomic E-state index is 0.0753. The number of Topliss-reactive ketones (excluding diaryl/α,β-unsaturated/α-hetero) is 1. The van der Waals surface area contributed by atoms with Crippen molar-refractivity contribution in [2.24, 2.45) is 0 Å². The van der Waals surface area contributed by atoms with E-state index in [9.17, 15) is 31.1 Å². The number of aryl methyl sites for hydroxylation is 1. The summed E-state index contributed by atoms with van der Waals surface area (Å²) in [6, 6.07) is 2.02. The third-order valence-corrected chi connectivity index (χ3v) is 1.95. The van der Waals surface area contributed by atoms with Crippen LogP contribution in [0, 0.1) is 12.7 Å². The van der Waals surface area contributed by atoms with Gasteiger partial charge in [-0.2, -0.15) is 22.0 Å². The Balaban J connectivity index is 3.21. The highest BCUT2D eigenvalue weighted by Crippen LogP contribution is 2.38. The Hall–Kier alpha value is -1.53. The van der Waals surface area contributed by atoms with Crippen LogP contribution in [0.4, 0.5) is 26.3 Å². The van der Waals surface area contributed by atoms with Crippen LogP contribution in [0.15, 0.2) is 18.2 Å². The first-order chi connectivity index (χ1) is 7.55. The van der Waals surface area contributed by atoms with Gasteiger partial charge in [-0.25, -0.2) is 4.39 Å². The summed E-state index contributed by atoms with van der Waals surface area (Å²) in [5, 5.41) is 0. The van der Waals surface area contributed by atoms with Crippen molar-refractivity contribution in [3.63, 3.8) is 0 Å². The molecule has 1 aromatic carbocycles. The van der Waals surface area contributed by atoms with Crippen LogP contribution < -0.4 is 0 Å². The van der Waals surface area contributed by atoms with Crippen molar-refractivity contribution in [1.82, 2.24) is 0 Å². The molecule has 1 rings (SSSR count). The van der Waals surface area contributed by atoms with Gasteiger partial charge < -0.3 is 0 Å². The van der Waals surface area contributed by atoms with Gasteiger partial charge in [0.2, 0.25) is 5.78 Å². The van der Waals surface area contributed by atoms with Gasteiger partial charge >= 0.3 is 12.1 Å². The van der Waals surface area contributed by atoms with Crippen LogP contribution in [-0.4, -0.2) is 17.9 Å². The van der Waals surface area contributed by atoms with Gasteiger partial charge in [-0.1, -0.05) is 0 Å². The molecule has 94 valence electrons. The maximum absolute atomic E-state index is 12.8. The summed E-state index contributed by atoms with van der Waals surface area (Å²) in [6.45, 7) is 1.27. The molecule has 7 heteroatoms. The van der Waals surface area contributed by atoms with Crippen molar-refractivity contribution in [3.05, 3.63) is 35.1 Å². The van der Waals surface area contributed by atoms with Crippen LogP contribution >= 0.6 is 0 Å². The number of ketones is 1. The number of benzene rings is 1. The molecule has 0 bridgehead atoms. The molecule has 1 nitrogen and oxygen atoms in total. The van der Waals surface area contributed by atoms with Gasteiger partial charge in [-0.05, 0) is 30.7 Å². The van der Waals surface area contributed by atoms with E-state index in [0.717, 1.165) is 12.1 Å². The molecule has 1 aromatic rings. The number of alkyl halides is 5. The summed E-state index contributed by atoms with van der Waals surface area (Å²) in [4.78, 5) is 11.0. The SMILES string of the molecule is Cc1cc(F)cc(C(=O)C(F)(F)C(F)(F)F)c1. The molecule has 0 N–H and O–H groups in total. The predicted octanol–water partition coefficient (Wildman–Crippen LogP) is 3.51. The second-order valence-electron chi connectivity index (χ2n) is 3.42. The molecule has 0 atom stereocenters. The Morgan fingerprint density at radius 1 is 1.06 bits per heavy atom. The van der Waals surface area contributed by atoms with Gasteiger partial charge in [0.1, 0.15) is 5.82 Å². The Morgan fingerprint density at radius 3 is 2.00 bits per heavy atom. The lowest BCUT2D eigenvalue weighted by Gasteiger charge is -2.18. The van der Waals surface area contributed by atoms with Crippen molar-refractivity contribution in [1.29, 1.82) is 0 Å². The maximum Gasteiger partial charge on any atom is 0.461 e. The van der Waals surface area contributed by atoms with Gasteiger partial charge in [0.25, 0.3) is 0 Å². The zero-order valence-corrected chi connectivity index (χ0v) is 8.41. The second-order valence-corrected chi connectivity index (χ2v) is 3.42. The van der Waals surface area contributed by atoms with Crippen LogP contribution in [0.2, 0.25) is 0 Å². The molecule has 0 heterocycles. The fraction of sp³-hybridized carbons (Fsp3) is 0.300. The molecule has 0 aliphatic carbocycles. The Morgan fingerprint density at radius 2 is 1.59 bits per heavy atom. The van der Waals surface area contributed by atoms with E-state index in [4.69, 9.17) is 0 Å². The molecular formula is C10H6F6O. The minimum Gasteiger partial charge on any atom is -0.287 e. The number of rotatable bonds is 2. The fourth-order valence-electron chi connectivity index (χ4n) is 1.18. The molecule has 0 amide bonds. The summed E-state index contributed by atoms with van der Waals surface area (Å²) in [6.07, 6.45) is -6.00. The Labute approximate surface area is 92.0 Å². The largest absolute Gasteiger partial charge is 0.461 e. The standard InChI is InChI=1S/C10H6F6O/c1-5-2-6(4-7(11)3-5)8(17)9(12,13)10(14,15)16/h2-4H,1H3. The molecule has 0 aliphatic rings. The van der Waals surface area contributed by atoms with Crippen molar-refractivity contribution >= 4 is 5.78 Å². The third kappa shape index (κ3) is 2.59. The lowest BCUT2D eigenvalue weighted by Crippen LogP contribution is -2.44. The quantitative estimate of drug-likeness (QED) is 0.584. The highest BCUT2D eigenvalue weighted by molar-refractivity contribution is 6.02. The fourth-order valence-corrected chi connectivity index (χ4v) is 1.18. The van der Waals surface area contributed by atoms with Crippen molar-refractivity contribution in [2.75, 3.05) is 0 Å². The van der Waals surface area contributed by atoms with Crippen molar-refractivity contribution in [2.45, 2.75) is 19.0 Å². The van der Waals surface area contributed by atoms with E-state index in [-0.39, 0.29) is 5.56 Å². The van der Waals surface area contributed by atoms with Gasteiger partial charge in [0.05, 0.1) is 0 Å². The number of hydrogen-bond acceptors (Lipinski definition) is 1. The van der Waals surface area contributed by atoms with Crippen LogP contribution in [0.3, 0.4) is 0 Å². The van der Waals surface area contributed by atoms with Crippen LogP contribution in [0.1, 0.15) is 15.9 Å². The first kappa shape index (κ1) is 13.5. The number of carbonyl (C=O) groups is 1. The van der Waals surface area contributed by atoms with E-state index in [1.807, 2.05) is 0 Å². The third-order valence-electron chi connectivity index (χ3n) is 1.95. The maximum atomic E-state index is 12.8. The molecule has 0 fully saturated rings.